The van der Waals surface area contributed by atoms with Gasteiger partial charge in [0.05, 0.1) is 16.4 Å². The molecule has 2 atom stereocenters. The first-order valence-corrected chi connectivity index (χ1v) is 7.93. The number of β-amino-alcohol motifs (C(OH)–C–C–N with tert-alkyl or cyclic N) is 1. The van der Waals surface area contributed by atoms with E-state index in [0.29, 0.717) is 12.1 Å². The smallest absolute Gasteiger partial charge is 0.121 e. The summed E-state index contributed by atoms with van der Waals surface area (Å²) in [6.07, 6.45) is 5.16. The summed E-state index contributed by atoms with van der Waals surface area (Å²) >= 11 is 3.56. The van der Waals surface area contributed by atoms with E-state index in [-0.39, 0.29) is 6.04 Å². The molecule has 0 spiro atoms. The van der Waals surface area contributed by atoms with Gasteiger partial charge in [0.25, 0.3) is 0 Å². The number of aliphatic hydroxyl groups is 1. The van der Waals surface area contributed by atoms with Gasteiger partial charge in [-0.05, 0) is 56.0 Å². The normalized spacial score (nSPS) is 32.4. The first-order valence-electron chi connectivity index (χ1n) is 7.14. The maximum absolute atomic E-state index is 11.1. The van der Waals surface area contributed by atoms with Crippen LogP contribution in [0.5, 0.6) is 0 Å². The second-order valence-corrected chi connectivity index (χ2v) is 7.22. The third-order valence-electron chi connectivity index (χ3n) is 4.34. The van der Waals surface area contributed by atoms with Crippen molar-refractivity contribution in [2.24, 2.45) is 0 Å². The van der Waals surface area contributed by atoms with E-state index in [2.05, 4.69) is 46.7 Å². The quantitative estimate of drug-likeness (QED) is 0.927. The first kappa shape index (κ1) is 13.6. The van der Waals surface area contributed by atoms with Crippen LogP contribution in [0.15, 0.2) is 10.7 Å². The Labute approximate surface area is 122 Å². The summed E-state index contributed by atoms with van der Waals surface area (Å²) in [5, 5.41) is 15.6. The molecule has 2 aliphatic rings. The van der Waals surface area contributed by atoms with Crippen molar-refractivity contribution in [1.82, 2.24) is 14.7 Å². The van der Waals surface area contributed by atoms with E-state index in [1.54, 1.807) is 6.20 Å². The average molecular weight is 328 g/mol. The lowest BCUT2D eigenvalue weighted by Gasteiger charge is -2.26. The van der Waals surface area contributed by atoms with E-state index in [1.165, 1.54) is 12.8 Å². The fraction of sp³-hybridized carbons (Fsp3) is 0.786. The van der Waals surface area contributed by atoms with E-state index >= 15 is 0 Å². The van der Waals surface area contributed by atoms with E-state index in [0.717, 1.165) is 23.1 Å². The largest absolute Gasteiger partial charge is 0.382 e. The molecule has 1 N–H and O–H groups in total. The molecule has 3 rings (SSSR count). The minimum Gasteiger partial charge on any atom is -0.382 e. The summed E-state index contributed by atoms with van der Waals surface area (Å²) < 4.78 is 2.88. The van der Waals surface area contributed by atoms with Crippen molar-refractivity contribution in [3.05, 3.63) is 16.4 Å². The van der Waals surface area contributed by atoms with Crippen molar-refractivity contribution in [3.8, 4) is 0 Å². The van der Waals surface area contributed by atoms with Crippen LogP contribution in [0, 0.1) is 0 Å². The van der Waals surface area contributed by atoms with Gasteiger partial charge in [0, 0.05) is 24.7 Å². The summed E-state index contributed by atoms with van der Waals surface area (Å²) in [7, 11) is 0. The maximum Gasteiger partial charge on any atom is 0.121 e. The van der Waals surface area contributed by atoms with Crippen LogP contribution < -0.4 is 0 Å². The molecule has 1 aromatic heterocycles. The van der Waals surface area contributed by atoms with Crippen LogP contribution in [0.25, 0.3) is 0 Å². The third kappa shape index (κ3) is 2.26. The Morgan fingerprint density at radius 2 is 2.16 bits per heavy atom. The van der Waals surface area contributed by atoms with Crippen LogP contribution in [0.1, 0.15) is 51.8 Å². The van der Waals surface area contributed by atoms with E-state index in [4.69, 9.17) is 0 Å². The molecule has 0 bridgehead atoms. The van der Waals surface area contributed by atoms with Gasteiger partial charge in [-0.1, -0.05) is 0 Å². The van der Waals surface area contributed by atoms with Crippen LogP contribution >= 0.6 is 15.9 Å². The van der Waals surface area contributed by atoms with Crippen LogP contribution in [-0.2, 0) is 5.60 Å². The summed E-state index contributed by atoms with van der Waals surface area (Å²) in [5.41, 5.74) is 0.166. The predicted molar refractivity (Wildman–Crippen MR) is 78.0 cm³/mol. The number of halogens is 1. The molecule has 1 saturated carbocycles. The zero-order valence-electron chi connectivity index (χ0n) is 11.8. The fourth-order valence-electron chi connectivity index (χ4n) is 3.36. The van der Waals surface area contributed by atoms with Gasteiger partial charge in [-0.3, -0.25) is 9.58 Å². The van der Waals surface area contributed by atoms with Crippen molar-refractivity contribution in [1.29, 1.82) is 0 Å². The second-order valence-electron chi connectivity index (χ2n) is 6.37. The average Bonchev–Trinajstić information content (AvgIpc) is 3.01. The van der Waals surface area contributed by atoms with Gasteiger partial charge in [0.1, 0.15) is 5.60 Å². The van der Waals surface area contributed by atoms with Crippen LogP contribution in [0.3, 0.4) is 0 Å². The topological polar surface area (TPSA) is 41.3 Å². The molecule has 106 valence electrons. The highest BCUT2D eigenvalue weighted by atomic mass is 79.9. The number of hydrogen-bond acceptors (Lipinski definition) is 3. The lowest BCUT2D eigenvalue weighted by Crippen LogP contribution is -2.35. The van der Waals surface area contributed by atoms with Gasteiger partial charge < -0.3 is 5.11 Å². The van der Waals surface area contributed by atoms with Crippen LogP contribution in [0.4, 0.5) is 0 Å². The van der Waals surface area contributed by atoms with Crippen LogP contribution in [-0.4, -0.2) is 38.4 Å². The van der Waals surface area contributed by atoms with E-state index < -0.39 is 5.60 Å². The Kier molecular flexibility index (Phi) is 3.27. The molecule has 4 nitrogen and oxygen atoms in total. The highest BCUT2D eigenvalue weighted by molar-refractivity contribution is 9.10. The first-order chi connectivity index (χ1) is 8.92. The second kappa shape index (κ2) is 4.57. The molecule has 19 heavy (non-hydrogen) atoms. The van der Waals surface area contributed by atoms with E-state index in [1.807, 2.05) is 4.68 Å². The third-order valence-corrected chi connectivity index (χ3v) is 4.92. The SMILES string of the molecule is CC1CC(O)(c2c(Br)cnn2C(C)C)CN1C1CC1. The summed E-state index contributed by atoms with van der Waals surface area (Å²) in [4.78, 5) is 2.46. The number of nitrogens with zero attached hydrogens (tertiary/aromatic N) is 3. The van der Waals surface area contributed by atoms with Crippen molar-refractivity contribution in [3.63, 3.8) is 0 Å². The highest BCUT2D eigenvalue weighted by Gasteiger charge is 2.49. The van der Waals surface area contributed by atoms with Gasteiger partial charge in [-0.25, -0.2) is 0 Å². The minimum atomic E-state index is -0.776. The number of rotatable bonds is 3. The van der Waals surface area contributed by atoms with Gasteiger partial charge >= 0.3 is 0 Å². The molecule has 2 heterocycles. The molecule has 0 radical (unpaired) electrons. The summed E-state index contributed by atoms with van der Waals surface area (Å²) in [6, 6.07) is 1.40. The maximum atomic E-state index is 11.1. The lowest BCUT2D eigenvalue weighted by molar-refractivity contribution is 0.0341. The molecule has 0 amide bonds. The number of aromatic nitrogens is 2. The van der Waals surface area contributed by atoms with Crippen LogP contribution in [0.2, 0.25) is 0 Å². The minimum absolute atomic E-state index is 0.260. The highest BCUT2D eigenvalue weighted by Crippen LogP contribution is 2.44. The lowest BCUT2D eigenvalue weighted by atomic mass is 9.96. The molecule has 1 aliphatic carbocycles. The Balaban J connectivity index is 1.95. The Hall–Kier alpha value is -0.390. The monoisotopic (exact) mass is 327 g/mol. The van der Waals surface area contributed by atoms with Crippen molar-refractivity contribution >= 4 is 15.9 Å². The zero-order valence-corrected chi connectivity index (χ0v) is 13.4. The molecule has 2 unspecified atom stereocenters. The Morgan fingerprint density at radius 3 is 2.74 bits per heavy atom. The Morgan fingerprint density at radius 1 is 1.47 bits per heavy atom. The molecule has 0 aromatic carbocycles. The zero-order chi connectivity index (χ0) is 13.8. The summed E-state index contributed by atoms with van der Waals surface area (Å²) in [6.45, 7) is 7.16. The molecule has 5 heteroatoms. The number of hydrogen-bond donors (Lipinski definition) is 1. The molecule has 1 aliphatic heterocycles. The molecule has 1 aromatic rings. The standard InChI is InChI=1S/C14H22BrN3O/c1-9(2)18-13(12(15)7-16-18)14(19)6-10(3)17(8-14)11-4-5-11/h7,9-11,19H,4-6,8H2,1-3H3. The van der Waals surface area contributed by atoms with Crippen molar-refractivity contribution < 1.29 is 5.11 Å². The fourth-order valence-corrected chi connectivity index (χ4v) is 4.01. The van der Waals surface area contributed by atoms with Crippen molar-refractivity contribution in [2.75, 3.05) is 6.54 Å². The molecule has 1 saturated heterocycles. The number of likely N-dealkylation sites (tertiary alicyclic amines) is 1. The molecular formula is C14H22BrN3O. The van der Waals surface area contributed by atoms with Gasteiger partial charge in [-0.15, -0.1) is 0 Å². The molecular weight excluding hydrogens is 306 g/mol. The van der Waals surface area contributed by atoms with E-state index in [9.17, 15) is 5.11 Å². The molecule has 2 fully saturated rings. The Bertz CT molecular complexity index is 483. The van der Waals surface area contributed by atoms with Gasteiger partial charge in [0.15, 0.2) is 0 Å². The summed E-state index contributed by atoms with van der Waals surface area (Å²) in [5.74, 6) is 0. The predicted octanol–water partition coefficient (Wildman–Crippen LogP) is 2.67. The van der Waals surface area contributed by atoms with Gasteiger partial charge in [0.2, 0.25) is 0 Å². The van der Waals surface area contributed by atoms with Crippen molar-refractivity contribution in [2.45, 2.75) is 63.8 Å². The van der Waals surface area contributed by atoms with Gasteiger partial charge in [-0.2, -0.15) is 5.10 Å².